The largest absolute Gasteiger partial charge is 0.308 e. The molecule has 3 rings (SSSR count). The van der Waals surface area contributed by atoms with Gasteiger partial charge in [-0.2, -0.15) is 0 Å². The Bertz CT molecular complexity index is 663. The minimum Gasteiger partial charge on any atom is -0.308 e. The number of halogens is 3. The smallest absolute Gasteiger partial charge is 0.146 e. The van der Waals surface area contributed by atoms with Crippen LogP contribution < -0.4 is 5.01 Å². The molecule has 1 aromatic carbocycles. The number of fused-ring (bicyclic) bond motifs is 1. The van der Waals surface area contributed by atoms with Crippen molar-refractivity contribution in [2.24, 2.45) is 0 Å². The van der Waals surface area contributed by atoms with Crippen LogP contribution in [0.1, 0.15) is 18.1 Å². The van der Waals surface area contributed by atoms with Crippen molar-refractivity contribution in [3.05, 3.63) is 28.8 Å². The molecule has 114 valence electrons. The van der Waals surface area contributed by atoms with Crippen molar-refractivity contribution < 1.29 is 4.39 Å². The quantitative estimate of drug-likeness (QED) is 0.791. The molecule has 0 spiro atoms. The predicted octanol–water partition coefficient (Wildman–Crippen LogP) is 3.01. The molecule has 0 saturated carbocycles. The summed E-state index contributed by atoms with van der Waals surface area (Å²) >= 11 is 12.2. The van der Waals surface area contributed by atoms with Crippen molar-refractivity contribution >= 4 is 34.2 Å². The summed E-state index contributed by atoms with van der Waals surface area (Å²) in [7, 11) is 2.10. The zero-order valence-corrected chi connectivity index (χ0v) is 13.5. The fourth-order valence-corrected chi connectivity index (χ4v) is 2.93. The number of alkyl halides is 1. The van der Waals surface area contributed by atoms with Crippen molar-refractivity contribution in [2.75, 3.05) is 38.2 Å². The molecule has 1 atom stereocenters. The molecule has 0 bridgehead atoms. The Labute approximate surface area is 133 Å². The average Bonchev–Trinajstić information content (AvgIpc) is 2.79. The number of aromatic nitrogens is 2. The molecular weight excluding hydrogens is 314 g/mol. The Morgan fingerprint density at radius 3 is 2.52 bits per heavy atom. The van der Waals surface area contributed by atoms with Crippen LogP contribution in [0.4, 0.5) is 4.39 Å². The number of likely N-dealkylation sites (N-methyl/N-ethyl adjacent to an activating group) is 1. The van der Waals surface area contributed by atoms with E-state index in [4.69, 9.17) is 23.2 Å². The molecule has 0 radical (unpaired) electrons. The minimum atomic E-state index is -0.457. The van der Waals surface area contributed by atoms with Gasteiger partial charge in [0.25, 0.3) is 0 Å². The third kappa shape index (κ3) is 2.70. The molecule has 4 nitrogen and oxygen atoms in total. The van der Waals surface area contributed by atoms with Gasteiger partial charge >= 0.3 is 0 Å². The van der Waals surface area contributed by atoms with Gasteiger partial charge in [-0.15, -0.1) is 11.6 Å². The van der Waals surface area contributed by atoms with Crippen molar-refractivity contribution in [3.63, 3.8) is 0 Å². The molecule has 0 amide bonds. The molecule has 1 aromatic heterocycles. The second-order valence-electron chi connectivity index (χ2n) is 5.41. The molecule has 1 unspecified atom stereocenters. The van der Waals surface area contributed by atoms with Crippen molar-refractivity contribution in [2.45, 2.75) is 12.3 Å². The van der Waals surface area contributed by atoms with Crippen LogP contribution >= 0.6 is 23.2 Å². The lowest BCUT2D eigenvalue weighted by Gasteiger charge is -2.36. The maximum atomic E-state index is 13.6. The third-order valence-electron chi connectivity index (χ3n) is 3.82. The SMILES string of the molecule is CC(Cl)c1nc2cc(F)c(Cl)cc2n1N1CCN(C)CC1. The number of piperazine rings is 1. The van der Waals surface area contributed by atoms with Gasteiger partial charge in [0.05, 0.1) is 21.4 Å². The average molecular weight is 331 g/mol. The fourth-order valence-electron chi connectivity index (χ4n) is 2.63. The standard InChI is InChI=1S/C14H17Cl2FN4/c1-9(15)14-18-12-8-11(17)10(16)7-13(12)21(14)20-5-3-19(2)4-6-20/h7-9H,3-6H2,1-2H3. The van der Waals surface area contributed by atoms with Gasteiger partial charge in [0.15, 0.2) is 0 Å². The zero-order valence-electron chi connectivity index (χ0n) is 12.0. The lowest BCUT2D eigenvalue weighted by molar-refractivity contribution is 0.287. The van der Waals surface area contributed by atoms with Crippen LogP contribution in [0.5, 0.6) is 0 Å². The van der Waals surface area contributed by atoms with Gasteiger partial charge < -0.3 is 9.91 Å². The van der Waals surface area contributed by atoms with E-state index in [1.54, 1.807) is 6.07 Å². The van der Waals surface area contributed by atoms with Crippen molar-refractivity contribution in [3.8, 4) is 0 Å². The lowest BCUT2D eigenvalue weighted by atomic mass is 10.3. The molecule has 1 aliphatic heterocycles. The number of hydrogen-bond acceptors (Lipinski definition) is 3. The maximum absolute atomic E-state index is 13.6. The molecule has 21 heavy (non-hydrogen) atoms. The van der Waals surface area contributed by atoms with E-state index in [0.717, 1.165) is 37.5 Å². The van der Waals surface area contributed by atoms with E-state index in [2.05, 4.69) is 21.9 Å². The number of benzene rings is 1. The Hall–Kier alpha value is -1.04. The minimum absolute atomic E-state index is 0.103. The first kappa shape index (κ1) is 14.9. The van der Waals surface area contributed by atoms with E-state index >= 15 is 0 Å². The number of nitrogens with zero attached hydrogens (tertiary/aromatic N) is 4. The summed E-state index contributed by atoms with van der Waals surface area (Å²) in [6.07, 6.45) is 0. The number of hydrogen-bond donors (Lipinski definition) is 0. The van der Waals surface area contributed by atoms with Gasteiger partial charge in [-0.1, -0.05) is 11.6 Å². The summed E-state index contributed by atoms with van der Waals surface area (Å²) in [5.41, 5.74) is 1.38. The second kappa shape index (κ2) is 5.63. The highest BCUT2D eigenvalue weighted by Crippen LogP contribution is 2.28. The highest BCUT2D eigenvalue weighted by Gasteiger charge is 2.23. The van der Waals surface area contributed by atoms with Crippen LogP contribution in [0.3, 0.4) is 0 Å². The molecule has 1 aliphatic rings. The van der Waals surface area contributed by atoms with E-state index in [0.29, 0.717) is 5.52 Å². The normalized spacial score (nSPS) is 18.4. The van der Waals surface area contributed by atoms with Crippen LogP contribution in [0.15, 0.2) is 12.1 Å². The monoisotopic (exact) mass is 330 g/mol. The molecule has 2 heterocycles. The second-order valence-corrected chi connectivity index (χ2v) is 6.47. The Balaban J connectivity index is 2.14. The predicted molar refractivity (Wildman–Crippen MR) is 84.4 cm³/mol. The van der Waals surface area contributed by atoms with Crippen LogP contribution in [0.25, 0.3) is 11.0 Å². The molecule has 1 fully saturated rings. The van der Waals surface area contributed by atoms with Crippen LogP contribution in [0, 0.1) is 5.82 Å². The van der Waals surface area contributed by atoms with Gasteiger partial charge in [0.1, 0.15) is 11.6 Å². The fraction of sp³-hybridized carbons (Fsp3) is 0.500. The first-order chi connectivity index (χ1) is 9.97. The van der Waals surface area contributed by atoms with Gasteiger partial charge in [-0.25, -0.2) is 14.1 Å². The molecule has 0 aliphatic carbocycles. The van der Waals surface area contributed by atoms with E-state index in [1.807, 2.05) is 11.6 Å². The highest BCUT2D eigenvalue weighted by atomic mass is 35.5. The summed E-state index contributed by atoms with van der Waals surface area (Å²) in [5, 5.41) is 2.03. The molecular formula is C14H17Cl2FN4. The van der Waals surface area contributed by atoms with Gasteiger partial charge in [0, 0.05) is 32.2 Å². The maximum Gasteiger partial charge on any atom is 0.146 e. The molecule has 2 aromatic rings. The molecule has 7 heteroatoms. The summed E-state index contributed by atoms with van der Waals surface area (Å²) in [6, 6.07) is 2.99. The van der Waals surface area contributed by atoms with Crippen molar-refractivity contribution in [1.82, 2.24) is 14.6 Å². The molecule has 0 N–H and O–H groups in total. The Morgan fingerprint density at radius 1 is 1.24 bits per heavy atom. The highest BCUT2D eigenvalue weighted by molar-refractivity contribution is 6.31. The summed E-state index contributed by atoms with van der Waals surface area (Å²) < 4.78 is 15.6. The van der Waals surface area contributed by atoms with Gasteiger partial charge in [0.2, 0.25) is 0 Å². The number of imidazole rings is 1. The molecule has 1 saturated heterocycles. The summed E-state index contributed by atoms with van der Waals surface area (Å²) in [4.78, 5) is 6.76. The van der Waals surface area contributed by atoms with E-state index in [9.17, 15) is 4.39 Å². The topological polar surface area (TPSA) is 24.3 Å². The van der Waals surface area contributed by atoms with Crippen molar-refractivity contribution in [1.29, 1.82) is 0 Å². The van der Waals surface area contributed by atoms with E-state index in [-0.39, 0.29) is 10.4 Å². The van der Waals surface area contributed by atoms with E-state index < -0.39 is 5.82 Å². The van der Waals surface area contributed by atoms with Crippen LogP contribution in [-0.2, 0) is 0 Å². The Kier molecular flexibility index (Phi) is 3.99. The summed E-state index contributed by atoms with van der Waals surface area (Å²) in [5.74, 6) is 0.263. The zero-order chi connectivity index (χ0) is 15.1. The summed E-state index contributed by atoms with van der Waals surface area (Å²) in [6.45, 7) is 5.53. The van der Waals surface area contributed by atoms with Crippen LogP contribution in [-0.4, -0.2) is 47.8 Å². The third-order valence-corrected chi connectivity index (χ3v) is 4.30. The van der Waals surface area contributed by atoms with Gasteiger partial charge in [-0.05, 0) is 20.0 Å². The first-order valence-corrected chi connectivity index (χ1v) is 7.74. The van der Waals surface area contributed by atoms with Gasteiger partial charge in [-0.3, -0.25) is 0 Å². The number of rotatable bonds is 2. The first-order valence-electron chi connectivity index (χ1n) is 6.92. The lowest BCUT2D eigenvalue weighted by Crippen LogP contribution is -2.50. The Morgan fingerprint density at radius 2 is 1.90 bits per heavy atom. The van der Waals surface area contributed by atoms with Crippen LogP contribution in [0.2, 0.25) is 5.02 Å². The van der Waals surface area contributed by atoms with E-state index in [1.165, 1.54) is 6.07 Å².